The molecule has 0 aliphatic carbocycles. The van der Waals surface area contributed by atoms with Crippen LogP contribution in [0, 0.1) is 10.1 Å². The monoisotopic (exact) mass is 238 g/mol. The molecule has 1 aromatic rings. The van der Waals surface area contributed by atoms with Crippen molar-refractivity contribution >= 4 is 5.69 Å². The maximum Gasteiger partial charge on any atom is 0.273 e. The lowest BCUT2D eigenvalue weighted by molar-refractivity contribution is -0.385. The van der Waals surface area contributed by atoms with E-state index in [1.54, 1.807) is 12.1 Å². The molecule has 0 aliphatic rings. The van der Waals surface area contributed by atoms with Gasteiger partial charge in [-0.3, -0.25) is 10.1 Å². The minimum absolute atomic E-state index is 0.0340. The van der Waals surface area contributed by atoms with Crippen LogP contribution in [-0.4, -0.2) is 18.1 Å². The van der Waals surface area contributed by atoms with Crippen molar-refractivity contribution in [2.24, 2.45) is 5.73 Å². The van der Waals surface area contributed by atoms with Gasteiger partial charge >= 0.3 is 0 Å². The van der Waals surface area contributed by atoms with E-state index in [0.717, 1.165) is 18.4 Å². The highest BCUT2D eigenvalue weighted by atomic mass is 16.6. The molecule has 2 N–H and O–H groups in total. The Morgan fingerprint density at radius 3 is 2.71 bits per heavy atom. The first-order chi connectivity index (χ1) is 8.06. The summed E-state index contributed by atoms with van der Waals surface area (Å²) in [6, 6.07) is 4.79. The lowest BCUT2D eigenvalue weighted by Gasteiger charge is -2.11. The maximum absolute atomic E-state index is 10.8. The van der Waals surface area contributed by atoms with E-state index >= 15 is 0 Å². The molecule has 0 spiro atoms. The SMILES string of the molecule is CCCC(N)Cc1cc(OC)cc([N+](=O)[O-])c1. The standard InChI is InChI=1S/C12H18N2O3/c1-3-4-10(13)5-9-6-11(14(15)16)8-12(7-9)17-2/h6-8,10H,3-5,13H2,1-2H3. The van der Waals surface area contributed by atoms with Gasteiger partial charge in [0.05, 0.1) is 18.1 Å². The van der Waals surface area contributed by atoms with Gasteiger partial charge in [-0.15, -0.1) is 0 Å². The van der Waals surface area contributed by atoms with Crippen molar-refractivity contribution in [3.05, 3.63) is 33.9 Å². The first-order valence-corrected chi connectivity index (χ1v) is 5.64. The smallest absolute Gasteiger partial charge is 0.273 e. The van der Waals surface area contributed by atoms with Gasteiger partial charge in [-0.25, -0.2) is 0 Å². The Hall–Kier alpha value is -1.62. The Kier molecular flexibility index (Phi) is 4.90. The van der Waals surface area contributed by atoms with Gasteiger partial charge in [0.25, 0.3) is 5.69 Å². The Labute approximate surface area is 101 Å². The number of benzene rings is 1. The average Bonchev–Trinajstić information content (AvgIpc) is 2.28. The highest BCUT2D eigenvalue weighted by Gasteiger charge is 2.12. The summed E-state index contributed by atoms with van der Waals surface area (Å²) < 4.78 is 5.04. The lowest BCUT2D eigenvalue weighted by atomic mass is 10.0. The lowest BCUT2D eigenvalue weighted by Crippen LogP contribution is -2.22. The molecule has 0 aromatic heterocycles. The van der Waals surface area contributed by atoms with Gasteiger partial charge in [-0.05, 0) is 24.5 Å². The molecule has 94 valence electrons. The van der Waals surface area contributed by atoms with Crippen molar-refractivity contribution in [1.82, 2.24) is 0 Å². The number of methoxy groups -OCH3 is 1. The summed E-state index contributed by atoms with van der Waals surface area (Å²) in [6.07, 6.45) is 2.55. The molecule has 1 unspecified atom stereocenters. The molecule has 0 heterocycles. The van der Waals surface area contributed by atoms with E-state index in [2.05, 4.69) is 6.92 Å². The van der Waals surface area contributed by atoms with E-state index in [9.17, 15) is 10.1 Å². The second-order valence-corrected chi connectivity index (χ2v) is 4.05. The fourth-order valence-corrected chi connectivity index (χ4v) is 1.76. The fourth-order valence-electron chi connectivity index (χ4n) is 1.76. The Balaban J connectivity index is 2.90. The molecular formula is C12H18N2O3. The normalized spacial score (nSPS) is 12.2. The van der Waals surface area contributed by atoms with Crippen LogP contribution in [0.15, 0.2) is 18.2 Å². The number of non-ortho nitro benzene ring substituents is 1. The zero-order valence-electron chi connectivity index (χ0n) is 10.2. The molecule has 0 radical (unpaired) electrons. The van der Waals surface area contributed by atoms with Crippen molar-refractivity contribution in [1.29, 1.82) is 0 Å². The molecule has 0 bridgehead atoms. The second-order valence-electron chi connectivity index (χ2n) is 4.05. The van der Waals surface area contributed by atoms with Crippen LogP contribution in [0.3, 0.4) is 0 Å². The molecule has 5 nitrogen and oxygen atoms in total. The molecule has 0 saturated heterocycles. The maximum atomic E-state index is 10.8. The first-order valence-electron chi connectivity index (χ1n) is 5.64. The molecular weight excluding hydrogens is 220 g/mol. The zero-order chi connectivity index (χ0) is 12.8. The van der Waals surface area contributed by atoms with Crippen molar-refractivity contribution in [2.45, 2.75) is 32.2 Å². The second kappa shape index (κ2) is 6.20. The highest BCUT2D eigenvalue weighted by Crippen LogP contribution is 2.23. The molecule has 0 saturated carbocycles. The summed E-state index contributed by atoms with van der Waals surface area (Å²) in [7, 11) is 1.49. The van der Waals surface area contributed by atoms with E-state index in [0.29, 0.717) is 12.2 Å². The number of hydrogen-bond donors (Lipinski definition) is 1. The summed E-state index contributed by atoms with van der Waals surface area (Å²) in [5, 5.41) is 10.8. The van der Waals surface area contributed by atoms with Gasteiger partial charge in [0.2, 0.25) is 0 Å². The van der Waals surface area contributed by atoms with E-state index < -0.39 is 4.92 Å². The Morgan fingerprint density at radius 2 is 2.18 bits per heavy atom. The third-order valence-corrected chi connectivity index (χ3v) is 2.55. The Morgan fingerprint density at radius 1 is 1.47 bits per heavy atom. The van der Waals surface area contributed by atoms with Crippen LogP contribution < -0.4 is 10.5 Å². The van der Waals surface area contributed by atoms with E-state index in [1.807, 2.05) is 0 Å². The number of hydrogen-bond acceptors (Lipinski definition) is 4. The topological polar surface area (TPSA) is 78.4 Å². The molecule has 0 aliphatic heterocycles. The minimum Gasteiger partial charge on any atom is -0.496 e. The molecule has 0 amide bonds. The van der Waals surface area contributed by atoms with Crippen molar-refractivity contribution in [2.75, 3.05) is 7.11 Å². The van der Waals surface area contributed by atoms with Crippen LogP contribution in [0.1, 0.15) is 25.3 Å². The van der Waals surface area contributed by atoms with Gasteiger partial charge in [0, 0.05) is 12.1 Å². The first kappa shape index (κ1) is 13.4. The van der Waals surface area contributed by atoms with Crippen molar-refractivity contribution in [3.63, 3.8) is 0 Å². The molecule has 0 fully saturated rings. The predicted molar refractivity (Wildman–Crippen MR) is 66.2 cm³/mol. The van der Waals surface area contributed by atoms with Crippen LogP contribution in [-0.2, 0) is 6.42 Å². The predicted octanol–water partition coefficient (Wildman–Crippen LogP) is 2.27. The van der Waals surface area contributed by atoms with Gasteiger partial charge in [-0.2, -0.15) is 0 Å². The van der Waals surface area contributed by atoms with Gasteiger partial charge < -0.3 is 10.5 Å². The number of nitro groups is 1. The summed E-state index contributed by atoms with van der Waals surface area (Å²) in [5.74, 6) is 0.498. The number of nitro benzene ring substituents is 1. The quantitative estimate of drug-likeness (QED) is 0.609. The van der Waals surface area contributed by atoms with Crippen molar-refractivity contribution < 1.29 is 9.66 Å². The van der Waals surface area contributed by atoms with E-state index in [1.165, 1.54) is 13.2 Å². The molecule has 5 heteroatoms. The third kappa shape index (κ3) is 4.03. The van der Waals surface area contributed by atoms with Gasteiger partial charge in [-0.1, -0.05) is 13.3 Å². The van der Waals surface area contributed by atoms with Crippen LogP contribution in [0.5, 0.6) is 5.75 Å². The summed E-state index contributed by atoms with van der Waals surface area (Å²) in [5.41, 5.74) is 6.81. The number of ether oxygens (including phenoxy) is 1. The molecule has 1 rings (SSSR count). The van der Waals surface area contributed by atoms with Crippen molar-refractivity contribution in [3.8, 4) is 5.75 Å². The Bertz CT molecular complexity index is 393. The summed E-state index contributed by atoms with van der Waals surface area (Å²) >= 11 is 0. The summed E-state index contributed by atoms with van der Waals surface area (Å²) in [6.45, 7) is 2.06. The molecule has 17 heavy (non-hydrogen) atoms. The highest BCUT2D eigenvalue weighted by molar-refractivity contribution is 5.43. The molecule has 1 atom stereocenters. The zero-order valence-corrected chi connectivity index (χ0v) is 10.2. The fraction of sp³-hybridized carbons (Fsp3) is 0.500. The number of rotatable bonds is 6. The van der Waals surface area contributed by atoms with E-state index in [4.69, 9.17) is 10.5 Å². The third-order valence-electron chi connectivity index (χ3n) is 2.55. The van der Waals surface area contributed by atoms with Gasteiger partial charge in [0.1, 0.15) is 5.75 Å². The van der Waals surface area contributed by atoms with Crippen LogP contribution in [0.2, 0.25) is 0 Å². The minimum atomic E-state index is -0.419. The summed E-state index contributed by atoms with van der Waals surface area (Å²) in [4.78, 5) is 10.3. The largest absolute Gasteiger partial charge is 0.496 e. The number of nitrogens with two attached hydrogens (primary N) is 1. The molecule has 1 aromatic carbocycles. The number of nitrogens with zero attached hydrogens (tertiary/aromatic N) is 1. The van der Waals surface area contributed by atoms with Crippen LogP contribution in [0.4, 0.5) is 5.69 Å². The van der Waals surface area contributed by atoms with Crippen LogP contribution >= 0.6 is 0 Å². The van der Waals surface area contributed by atoms with Crippen LogP contribution in [0.25, 0.3) is 0 Å². The average molecular weight is 238 g/mol. The van der Waals surface area contributed by atoms with Gasteiger partial charge in [0.15, 0.2) is 0 Å². The van der Waals surface area contributed by atoms with E-state index in [-0.39, 0.29) is 11.7 Å².